The van der Waals surface area contributed by atoms with Gasteiger partial charge in [0.25, 0.3) is 0 Å². The molecule has 1 amide bonds. The number of halogens is 1. The first-order chi connectivity index (χ1) is 8.74. The van der Waals surface area contributed by atoms with Gasteiger partial charge in [-0.05, 0) is 24.3 Å². The highest BCUT2D eigenvalue weighted by Crippen LogP contribution is 2.20. The van der Waals surface area contributed by atoms with E-state index >= 15 is 0 Å². The second kappa shape index (κ2) is 6.47. The zero-order chi connectivity index (χ0) is 12.8. The molecule has 0 saturated carbocycles. The molecule has 0 aliphatic heterocycles. The van der Waals surface area contributed by atoms with Crippen molar-refractivity contribution in [2.75, 3.05) is 11.1 Å². The van der Waals surface area contributed by atoms with Gasteiger partial charge in [0.15, 0.2) is 0 Å². The van der Waals surface area contributed by atoms with Crippen molar-refractivity contribution in [3.8, 4) is 0 Å². The fourth-order valence-corrected chi connectivity index (χ4v) is 2.31. The number of carbonyl (C=O) groups is 1. The number of anilines is 1. The molecule has 0 aliphatic rings. The highest BCUT2D eigenvalue weighted by molar-refractivity contribution is 7.99. The number of nitrogens with one attached hydrogen (secondary N) is 2. The molecular formula is C12H12ClN3OS. The first kappa shape index (κ1) is 13.0. The third kappa shape index (κ3) is 4.09. The Bertz CT molecular complexity index is 499. The lowest BCUT2D eigenvalue weighted by atomic mass is 10.4. The molecule has 4 nitrogen and oxygen atoms in total. The zero-order valence-electron chi connectivity index (χ0n) is 9.52. The Labute approximate surface area is 114 Å². The highest BCUT2D eigenvalue weighted by Gasteiger charge is 2.03. The Hall–Kier alpha value is -1.46. The molecule has 0 saturated heterocycles. The van der Waals surface area contributed by atoms with Crippen molar-refractivity contribution >= 4 is 35.1 Å². The minimum absolute atomic E-state index is 0.0271. The van der Waals surface area contributed by atoms with Crippen molar-refractivity contribution in [1.29, 1.82) is 0 Å². The molecule has 0 aliphatic carbocycles. The van der Waals surface area contributed by atoms with E-state index in [1.165, 1.54) is 0 Å². The Balaban J connectivity index is 1.72. The Kier molecular flexibility index (Phi) is 4.66. The van der Waals surface area contributed by atoms with E-state index in [1.807, 2.05) is 24.3 Å². The maximum Gasteiger partial charge on any atom is 0.226 e. The maximum absolute atomic E-state index is 11.6. The van der Waals surface area contributed by atoms with Crippen molar-refractivity contribution < 1.29 is 4.79 Å². The number of rotatable bonds is 5. The van der Waals surface area contributed by atoms with Gasteiger partial charge in [-0.3, -0.25) is 9.89 Å². The van der Waals surface area contributed by atoms with Crippen LogP contribution in [0.4, 0.5) is 5.82 Å². The van der Waals surface area contributed by atoms with Crippen LogP contribution in [0.5, 0.6) is 0 Å². The number of amides is 1. The lowest BCUT2D eigenvalue weighted by Crippen LogP contribution is -2.12. The van der Waals surface area contributed by atoms with Gasteiger partial charge in [0.2, 0.25) is 5.91 Å². The number of benzene rings is 1. The lowest BCUT2D eigenvalue weighted by Gasteiger charge is -2.03. The molecule has 2 rings (SSSR count). The monoisotopic (exact) mass is 281 g/mol. The van der Waals surface area contributed by atoms with E-state index < -0.39 is 0 Å². The second-order valence-electron chi connectivity index (χ2n) is 3.57. The van der Waals surface area contributed by atoms with Gasteiger partial charge < -0.3 is 5.32 Å². The molecule has 2 aromatic rings. The summed E-state index contributed by atoms with van der Waals surface area (Å²) in [6.45, 7) is 0. The van der Waals surface area contributed by atoms with Crippen LogP contribution in [0.3, 0.4) is 0 Å². The molecule has 0 bridgehead atoms. The summed E-state index contributed by atoms with van der Waals surface area (Å²) in [5.41, 5.74) is 0. The normalized spacial score (nSPS) is 10.3. The minimum atomic E-state index is -0.0271. The summed E-state index contributed by atoms with van der Waals surface area (Å²) in [6.07, 6.45) is 2.05. The molecule has 1 aromatic heterocycles. The summed E-state index contributed by atoms with van der Waals surface area (Å²) in [6, 6.07) is 9.28. The first-order valence-corrected chi connectivity index (χ1v) is 6.78. The summed E-state index contributed by atoms with van der Waals surface area (Å²) in [7, 11) is 0. The average Bonchev–Trinajstić information content (AvgIpc) is 2.84. The predicted molar refractivity (Wildman–Crippen MR) is 74.0 cm³/mol. The van der Waals surface area contributed by atoms with Crippen molar-refractivity contribution in [3.05, 3.63) is 41.6 Å². The van der Waals surface area contributed by atoms with Gasteiger partial charge in [-0.1, -0.05) is 11.6 Å². The van der Waals surface area contributed by atoms with E-state index in [4.69, 9.17) is 11.6 Å². The van der Waals surface area contributed by atoms with Crippen molar-refractivity contribution in [2.24, 2.45) is 0 Å². The van der Waals surface area contributed by atoms with Gasteiger partial charge in [-0.2, -0.15) is 5.10 Å². The Morgan fingerprint density at radius 3 is 2.78 bits per heavy atom. The maximum atomic E-state index is 11.6. The number of hydrogen-bond acceptors (Lipinski definition) is 3. The van der Waals surface area contributed by atoms with Gasteiger partial charge in [0.1, 0.15) is 5.82 Å². The van der Waals surface area contributed by atoms with Crippen LogP contribution < -0.4 is 5.32 Å². The van der Waals surface area contributed by atoms with Crippen molar-refractivity contribution in [1.82, 2.24) is 10.2 Å². The number of carbonyl (C=O) groups excluding carboxylic acids is 1. The quantitative estimate of drug-likeness (QED) is 0.828. The molecule has 1 aromatic carbocycles. The van der Waals surface area contributed by atoms with Crippen molar-refractivity contribution in [2.45, 2.75) is 11.3 Å². The van der Waals surface area contributed by atoms with Crippen LogP contribution >= 0.6 is 23.4 Å². The number of aromatic nitrogens is 2. The molecule has 2 N–H and O–H groups in total. The van der Waals surface area contributed by atoms with Gasteiger partial charge >= 0.3 is 0 Å². The van der Waals surface area contributed by atoms with Crippen LogP contribution in [-0.2, 0) is 4.79 Å². The summed E-state index contributed by atoms with van der Waals surface area (Å²) < 4.78 is 0. The molecule has 0 atom stereocenters. The number of aromatic amines is 1. The minimum Gasteiger partial charge on any atom is -0.311 e. The Morgan fingerprint density at radius 2 is 2.11 bits per heavy atom. The number of H-pyrrole nitrogens is 1. The van der Waals surface area contributed by atoms with Crippen LogP contribution in [0.2, 0.25) is 5.02 Å². The Morgan fingerprint density at radius 1 is 1.33 bits per heavy atom. The van der Waals surface area contributed by atoms with Crippen LogP contribution in [0.25, 0.3) is 0 Å². The summed E-state index contributed by atoms with van der Waals surface area (Å²) in [5, 5.41) is 9.88. The predicted octanol–water partition coefficient (Wildman–Crippen LogP) is 3.18. The molecule has 94 valence electrons. The summed E-state index contributed by atoms with van der Waals surface area (Å²) >= 11 is 7.42. The summed E-state index contributed by atoms with van der Waals surface area (Å²) in [5.74, 6) is 1.32. The lowest BCUT2D eigenvalue weighted by molar-refractivity contribution is -0.115. The molecule has 6 heteroatoms. The van der Waals surface area contributed by atoms with Crippen LogP contribution in [0, 0.1) is 0 Å². The third-order valence-electron chi connectivity index (χ3n) is 2.19. The van der Waals surface area contributed by atoms with E-state index in [9.17, 15) is 4.79 Å². The molecule has 0 spiro atoms. The molecular weight excluding hydrogens is 270 g/mol. The topological polar surface area (TPSA) is 57.8 Å². The molecule has 0 fully saturated rings. The highest BCUT2D eigenvalue weighted by atomic mass is 35.5. The standard InChI is InChI=1S/C12H12ClN3OS/c13-9-1-3-10(4-2-9)18-8-6-12(17)15-11-5-7-14-16-11/h1-5,7H,6,8H2,(H2,14,15,16,17). The van der Waals surface area contributed by atoms with Crippen molar-refractivity contribution in [3.63, 3.8) is 0 Å². The van der Waals surface area contributed by atoms with E-state index in [0.29, 0.717) is 12.2 Å². The molecule has 18 heavy (non-hydrogen) atoms. The smallest absolute Gasteiger partial charge is 0.226 e. The second-order valence-corrected chi connectivity index (χ2v) is 5.18. The van der Waals surface area contributed by atoms with Gasteiger partial charge in [-0.25, -0.2) is 0 Å². The molecule has 0 radical (unpaired) electrons. The van der Waals surface area contributed by atoms with E-state index in [-0.39, 0.29) is 5.91 Å². The molecule has 0 unspecified atom stereocenters. The van der Waals surface area contributed by atoms with Crippen LogP contribution in [-0.4, -0.2) is 21.9 Å². The first-order valence-electron chi connectivity index (χ1n) is 5.41. The number of thioether (sulfide) groups is 1. The number of hydrogen-bond donors (Lipinski definition) is 2. The average molecular weight is 282 g/mol. The summed E-state index contributed by atoms with van der Waals surface area (Å²) in [4.78, 5) is 12.7. The third-order valence-corrected chi connectivity index (χ3v) is 3.45. The van der Waals surface area contributed by atoms with Gasteiger partial charge in [0, 0.05) is 28.2 Å². The number of nitrogens with zero attached hydrogens (tertiary/aromatic N) is 1. The SMILES string of the molecule is O=C(CCSc1ccc(Cl)cc1)Nc1ccn[nH]1. The van der Waals surface area contributed by atoms with Crippen LogP contribution in [0.15, 0.2) is 41.4 Å². The van der Waals surface area contributed by atoms with Gasteiger partial charge in [0.05, 0.1) is 6.20 Å². The fraction of sp³-hybridized carbons (Fsp3) is 0.167. The zero-order valence-corrected chi connectivity index (χ0v) is 11.1. The van der Waals surface area contributed by atoms with E-state index in [1.54, 1.807) is 24.0 Å². The largest absolute Gasteiger partial charge is 0.311 e. The fourth-order valence-electron chi connectivity index (χ4n) is 1.33. The van der Waals surface area contributed by atoms with Gasteiger partial charge in [-0.15, -0.1) is 11.8 Å². The van der Waals surface area contributed by atoms with E-state index in [2.05, 4.69) is 15.5 Å². The molecule has 1 heterocycles. The van der Waals surface area contributed by atoms with Crippen LogP contribution in [0.1, 0.15) is 6.42 Å². The van der Waals surface area contributed by atoms with E-state index in [0.717, 1.165) is 15.7 Å².